The van der Waals surface area contributed by atoms with Crippen molar-refractivity contribution in [1.29, 1.82) is 0 Å². The van der Waals surface area contributed by atoms with Gasteiger partial charge in [-0.2, -0.15) is 0 Å². The van der Waals surface area contributed by atoms with E-state index in [2.05, 4.69) is 144 Å². The molecule has 196 valence electrons. The summed E-state index contributed by atoms with van der Waals surface area (Å²) in [7, 11) is 0. The molecule has 3 nitrogen and oxygen atoms in total. The van der Waals surface area contributed by atoms with E-state index >= 15 is 0 Å². The van der Waals surface area contributed by atoms with Gasteiger partial charge < -0.3 is 0 Å². The summed E-state index contributed by atoms with van der Waals surface area (Å²) < 4.78 is 4.57. The molecule has 0 spiro atoms. The molecule has 42 heavy (non-hydrogen) atoms. The molecule has 0 fully saturated rings. The Hall–Kier alpha value is -5.32. The van der Waals surface area contributed by atoms with Gasteiger partial charge in [0.05, 0.1) is 26.9 Å². The molecule has 3 aromatic heterocycles. The van der Waals surface area contributed by atoms with Crippen LogP contribution in [-0.4, -0.2) is 14.5 Å². The van der Waals surface area contributed by atoms with E-state index in [4.69, 9.17) is 9.97 Å². The first kappa shape index (κ1) is 23.4. The molecule has 9 aromatic rings. The molecule has 3 heterocycles. The van der Waals surface area contributed by atoms with Crippen LogP contribution in [0.1, 0.15) is 0 Å². The lowest BCUT2D eigenvalue weighted by Gasteiger charge is -2.11. The molecule has 0 aliphatic heterocycles. The predicted molar refractivity (Wildman–Crippen MR) is 178 cm³/mol. The van der Waals surface area contributed by atoms with Crippen LogP contribution < -0.4 is 0 Å². The second-order valence-electron chi connectivity index (χ2n) is 10.7. The number of thiophene rings is 1. The quantitative estimate of drug-likeness (QED) is 0.218. The fourth-order valence-corrected chi connectivity index (χ4v) is 7.38. The Morgan fingerprint density at radius 3 is 2.05 bits per heavy atom. The van der Waals surface area contributed by atoms with Gasteiger partial charge in [0.25, 0.3) is 0 Å². The van der Waals surface area contributed by atoms with Gasteiger partial charge in [-0.05, 0) is 52.2 Å². The normalized spacial score (nSPS) is 11.8. The van der Waals surface area contributed by atoms with Gasteiger partial charge in [0, 0.05) is 26.4 Å². The molecule has 0 aliphatic carbocycles. The number of hydrogen-bond donors (Lipinski definition) is 0. The third-order valence-electron chi connectivity index (χ3n) is 8.19. The monoisotopic (exact) mass is 553 g/mol. The van der Waals surface area contributed by atoms with Gasteiger partial charge in [-0.1, -0.05) is 109 Å². The van der Waals surface area contributed by atoms with Crippen LogP contribution in [-0.2, 0) is 0 Å². The molecule has 4 heteroatoms. The Labute approximate surface area is 246 Å². The molecule has 9 rings (SSSR count). The summed E-state index contributed by atoms with van der Waals surface area (Å²) in [4.78, 5) is 10.7. The van der Waals surface area contributed by atoms with Crippen LogP contribution in [0.4, 0.5) is 0 Å². The number of fused-ring (bicyclic) bond motifs is 7. The summed E-state index contributed by atoms with van der Waals surface area (Å²) in [5, 5.41) is 5.99. The van der Waals surface area contributed by atoms with Crippen LogP contribution in [0.15, 0.2) is 140 Å². The van der Waals surface area contributed by atoms with Gasteiger partial charge in [-0.3, -0.25) is 4.57 Å². The summed E-state index contributed by atoms with van der Waals surface area (Å²) in [6.07, 6.45) is 0. The molecule has 0 N–H and O–H groups in total. The van der Waals surface area contributed by atoms with Crippen molar-refractivity contribution >= 4 is 64.2 Å². The van der Waals surface area contributed by atoms with E-state index < -0.39 is 0 Å². The molecule has 0 atom stereocenters. The Kier molecular flexibility index (Phi) is 5.07. The minimum absolute atomic E-state index is 0.688. The van der Waals surface area contributed by atoms with Crippen molar-refractivity contribution in [2.75, 3.05) is 0 Å². The smallest absolute Gasteiger partial charge is 0.235 e. The van der Waals surface area contributed by atoms with E-state index in [0.29, 0.717) is 5.95 Å². The molecule has 0 radical (unpaired) electrons. The van der Waals surface area contributed by atoms with Crippen LogP contribution in [0, 0.1) is 0 Å². The Balaban J connectivity index is 1.39. The van der Waals surface area contributed by atoms with Crippen molar-refractivity contribution in [1.82, 2.24) is 14.5 Å². The lowest BCUT2D eigenvalue weighted by atomic mass is 10.0. The van der Waals surface area contributed by atoms with Crippen molar-refractivity contribution in [3.63, 3.8) is 0 Å². The number of benzene rings is 6. The fraction of sp³-hybridized carbons (Fsp3) is 0. The van der Waals surface area contributed by atoms with Crippen LogP contribution in [0.3, 0.4) is 0 Å². The predicted octanol–water partition coefficient (Wildman–Crippen LogP) is 10.4. The molecule has 0 amide bonds. The maximum Gasteiger partial charge on any atom is 0.235 e. The number of aromatic nitrogens is 3. The standard InChI is InChI=1S/C38H23N3S/c1-2-11-24(12-3-1)25-15-10-16-28(21-25)35-37-36(30-18-7-9-20-34(30)42-37)40-38(39-35)41-32-19-8-6-17-29(32)31-22-26-13-4-5-14-27(26)23-33(31)41/h1-23H. The van der Waals surface area contributed by atoms with E-state index in [0.717, 1.165) is 37.9 Å². The molecular formula is C38H23N3S. The van der Waals surface area contributed by atoms with E-state index in [1.807, 2.05) is 0 Å². The average Bonchev–Trinajstić information content (AvgIpc) is 3.59. The minimum Gasteiger partial charge on any atom is -0.278 e. The lowest BCUT2D eigenvalue weighted by Crippen LogP contribution is -2.02. The topological polar surface area (TPSA) is 30.7 Å². The van der Waals surface area contributed by atoms with Gasteiger partial charge in [0.1, 0.15) is 0 Å². The largest absolute Gasteiger partial charge is 0.278 e. The van der Waals surface area contributed by atoms with Gasteiger partial charge in [-0.15, -0.1) is 11.3 Å². The highest BCUT2D eigenvalue weighted by Crippen LogP contribution is 2.41. The van der Waals surface area contributed by atoms with E-state index in [-0.39, 0.29) is 0 Å². The van der Waals surface area contributed by atoms with Gasteiger partial charge in [0.2, 0.25) is 5.95 Å². The Morgan fingerprint density at radius 1 is 0.476 bits per heavy atom. The highest BCUT2D eigenvalue weighted by Gasteiger charge is 2.20. The van der Waals surface area contributed by atoms with Gasteiger partial charge in [-0.25, -0.2) is 9.97 Å². The second-order valence-corrected chi connectivity index (χ2v) is 11.7. The highest BCUT2D eigenvalue weighted by atomic mass is 32.1. The molecular weight excluding hydrogens is 531 g/mol. The molecule has 0 aliphatic rings. The highest BCUT2D eigenvalue weighted by molar-refractivity contribution is 7.26. The average molecular weight is 554 g/mol. The molecule has 0 saturated carbocycles. The van der Waals surface area contributed by atoms with Crippen LogP contribution in [0.25, 0.3) is 81.2 Å². The van der Waals surface area contributed by atoms with Crippen molar-refractivity contribution in [2.45, 2.75) is 0 Å². The fourth-order valence-electron chi connectivity index (χ4n) is 6.22. The van der Waals surface area contributed by atoms with Crippen molar-refractivity contribution in [2.24, 2.45) is 0 Å². The summed E-state index contributed by atoms with van der Waals surface area (Å²) in [6, 6.07) is 49.5. The number of nitrogens with zero attached hydrogens (tertiary/aromatic N) is 3. The first-order chi connectivity index (χ1) is 20.8. The molecule has 0 bridgehead atoms. The van der Waals surface area contributed by atoms with Crippen molar-refractivity contribution < 1.29 is 0 Å². The number of rotatable bonds is 3. The molecule has 0 unspecified atom stereocenters. The zero-order valence-electron chi connectivity index (χ0n) is 22.5. The van der Waals surface area contributed by atoms with Crippen molar-refractivity contribution in [3.8, 4) is 28.3 Å². The third-order valence-corrected chi connectivity index (χ3v) is 9.36. The van der Waals surface area contributed by atoms with Crippen molar-refractivity contribution in [3.05, 3.63) is 140 Å². The minimum atomic E-state index is 0.688. The molecule has 6 aromatic carbocycles. The first-order valence-electron chi connectivity index (χ1n) is 14.1. The van der Waals surface area contributed by atoms with Crippen LogP contribution in [0.5, 0.6) is 0 Å². The SMILES string of the molecule is c1ccc(-c2cccc(-c3nc(-n4c5ccccc5c5cc6ccccc6cc54)nc4c3sc3ccccc34)c2)cc1. The van der Waals surface area contributed by atoms with Crippen LogP contribution >= 0.6 is 11.3 Å². The van der Waals surface area contributed by atoms with Crippen LogP contribution in [0.2, 0.25) is 0 Å². The number of para-hydroxylation sites is 1. The van der Waals surface area contributed by atoms with Gasteiger partial charge in [0.15, 0.2) is 0 Å². The van der Waals surface area contributed by atoms with E-state index in [1.54, 1.807) is 11.3 Å². The van der Waals surface area contributed by atoms with Gasteiger partial charge >= 0.3 is 0 Å². The zero-order valence-corrected chi connectivity index (χ0v) is 23.3. The maximum atomic E-state index is 5.39. The summed E-state index contributed by atoms with van der Waals surface area (Å²) in [6.45, 7) is 0. The maximum absolute atomic E-state index is 5.39. The number of hydrogen-bond acceptors (Lipinski definition) is 3. The lowest BCUT2D eigenvalue weighted by molar-refractivity contribution is 1.02. The first-order valence-corrected chi connectivity index (χ1v) is 14.9. The summed E-state index contributed by atoms with van der Waals surface area (Å²) in [5.74, 6) is 0.688. The second kappa shape index (κ2) is 9.10. The van der Waals surface area contributed by atoms with E-state index in [9.17, 15) is 0 Å². The van der Waals surface area contributed by atoms with E-state index in [1.165, 1.54) is 37.4 Å². The summed E-state index contributed by atoms with van der Waals surface area (Å²) >= 11 is 1.77. The molecule has 0 saturated heterocycles. The Bertz CT molecular complexity index is 2470. The summed E-state index contributed by atoms with van der Waals surface area (Å²) in [5.41, 5.74) is 7.61. The third kappa shape index (κ3) is 3.52. The Morgan fingerprint density at radius 2 is 1.17 bits per heavy atom. The zero-order chi connectivity index (χ0) is 27.6.